The van der Waals surface area contributed by atoms with E-state index in [1.54, 1.807) is 32.2 Å². The zero-order valence-corrected chi connectivity index (χ0v) is 8.69. The van der Waals surface area contributed by atoms with Gasteiger partial charge in [0, 0.05) is 6.07 Å². The third kappa shape index (κ3) is 2.77. The van der Waals surface area contributed by atoms with Crippen molar-refractivity contribution >= 4 is 11.6 Å². The number of methoxy groups -OCH3 is 1. The van der Waals surface area contributed by atoms with Crippen LogP contribution in [0.25, 0.3) is 0 Å². The van der Waals surface area contributed by atoms with Gasteiger partial charge < -0.3 is 20.9 Å². The van der Waals surface area contributed by atoms with Crippen LogP contribution in [0.4, 0.5) is 5.69 Å². The number of rotatable bonds is 4. The van der Waals surface area contributed by atoms with Crippen LogP contribution in [0.3, 0.4) is 0 Å². The molecule has 5 nitrogen and oxygen atoms in total. The minimum absolute atomic E-state index is 0.405. The number of amides is 1. The van der Waals surface area contributed by atoms with E-state index in [4.69, 9.17) is 20.9 Å². The first-order chi connectivity index (χ1) is 7.04. The summed E-state index contributed by atoms with van der Waals surface area (Å²) in [5, 5.41) is 0. The molecular formula is C10H14N2O3. The second-order valence-corrected chi connectivity index (χ2v) is 3.07. The molecule has 0 aliphatic rings. The molecule has 0 radical (unpaired) electrons. The van der Waals surface area contributed by atoms with Gasteiger partial charge in [-0.25, -0.2) is 0 Å². The summed E-state index contributed by atoms with van der Waals surface area (Å²) in [7, 11) is 1.54. The topological polar surface area (TPSA) is 87.6 Å². The van der Waals surface area contributed by atoms with Crippen LogP contribution in [0, 0.1) is 0 Å². The summed E-state index contributed by atoms with van der Waals surface area (Å²) in [6, 6.07) is 4.94. The maximum Gasteiger partial charge on any atom is 0.258 e. The van der Waals surface area contributed by atoms with Crippen molar-refractivity contribution in [3.05, 3.63) is 18.2 Å². The fourth-order valence-corrected chi connectivity index (χ4v) is 1.01. The van der Waals surface area contributed by atoms with Crippen LogP contribution in [0.15, 0.2) is 18.2 Å². The summed E-state index contributed by atoms with van der Waals surface area (Å²) in [6.45, 7) is 1.56. The van der Waals surface area contributed by atoms with E-state index in [0.29, 0.717) is 17.2 Å². The third-order valence-corrected chi connectivity index (χ3v) is 1.92. The van der Waals surface area contributed by atoms with Gasteiger partial charge in [-0.15, -0.1) is 0 Å². The van der Waals surface area contributed by atoms with Gasteiger partial charge >= 0.3 is 0 Å². The normalized spacial score (nSPS) is 11.9. The summed E-state index contributed by atoms with van der Waals surface area (Å²) >= 11 is 0. The number of ether oxygens (including phenoxy) is 2. The summed E-state index contributed by atoms with van der Waals surface area (Å²) in [4.78, 5) is 10.8. The van der Waals surface area contributed by atoms with Gasteiger partial charge in [0.25, 0.3) is 5.91 Å². The standard InChI is InChI=1S/C10H14N2O3/c1-6(10(12)13)15-9-4-3-7(14-2)5-8(9)11/h3-6H,11H2,1-2H3,(H2,12,13). The summed E-state index contributed by atoms with van der Waals surface area (Å²) in [5.74, 6) is 0.513. The van der Waals surface area contributed by atoms with E-state index < -0.39 is 12.0 Å². The number of nitrogen functional groups attached to an aromatic ring is 1. The largest absolute Gasteiger partial charge is 0.497 e. The molecule has 5 heteroatoms. The zero-order valence-electron chi connectivity index (χ0n) is 8.69. The van der Waals surface area contributed by atoms with E-state index in [9.17, 15) is 4.79 Å². The molecular weight excluding hydrogens is 196 g/mol. The van der Waals surface area contributed by atoms with Gasteiger partial charge in [-0.2, -0.15) is 0 Å². The van der Waals surface area contributed by atoms with Gasteiger partial charge in [0.1, 0.15) is 11.5 Å². The van der Waals surface area contributed by atoms with Crippen LogP contribution in [-0.4, -0.2) is 19.1 Å². The molecule has 0 heterocycles. The highest BCUT2D eigenvalue weighted by Crippen LogP contribution is 2.26. The van der Waals surface area contributed by atoms with Crippen LogP contribution in [0.1, 0.15) is 6.92 Å². The van der Waals surface area contributed by atoms with Crippen molar-refractivity contribution < 1.29 is 14.3 Å². The van der Waals surface area contributed by atoms with Gasteiger partial charge in [0.05, 0.1) is 12.8 Å². The second kappa shape index (κ2) is 4.54. The van der Waals surface area contributed by atoms with Crippen molar-refractivity contribution in [3.8, 4) is 11.5 Å². The molecule has 0 saturated carbocycles. The summed E-state index contributed by atoms with van der Waals surface area (Å²) in [5.41, 5.74) is 11.2. The lowest BCUT2D eigenvalue weighted by Gasteiger charge is -2.13. The average molecular weight is 210 g/mol. The van der Waals surface area contributed by atoms with Crippen LogP contribution < -0.4 is 20.9 Å². The molecule has 0 saturated heterocycles. The maximum atomic E-state index is 10.8. The number of hydrogen-bond donors (Lipinski definition) is 2. The van der Waals surface area contributed by atoms with Gasteiger partial charge in [-0.3, -0.25) is 4.79 Å². The van der Waals surface area contributed by atoms with Crippen LogP contribution in [-0.2, 0) is 4.79 Å². The number of carbonyl (C=O) groups is 1. The molecule has 1 aromatic carbocycles. The fourth-order valence-electron chi connectivity index (χ4n) is 1.01. The number of nitrogens with two attached hydrogens (primary N) is 2. The van der Waals surface area contributed by atoms with Crippen LogP contribution >= 0.6 is 0 Å². The van der Waals surface area contributed by atoms with Crippen LogP contribution in [0.2, 0.25) is 0 Å². The Labute approximate surface area is 88.0 Å². The Balaban J connectivity index is 2.82. The summed E-state index contributed by atoms with van der Waals surface area (Å²) < 4.78 is 10.2. The van der Waals surface area contributed by atoms with Gasteiger partial charge in [-0.05, 0) is 19.1 Å². The van der Waals surface area contributed by atoms with E-state index in [2.05, 4.69) is 0 Å². The molecule has 0 aliphatic heterocycles. The van der Waals surface area contributed by atoms with Crippen molar-refractivity contribution in [2.24, 2.45) is 5.73 Å². The smallest absolute Gasteiger partial charge is 0.258 e. The Bertz CT molecular complexity index is 366. The minimum Gasteiger partial charge on any atom is -0.497 e. The molecule has 0 aromatic heterocycles. The lowest BCUT2D eigenvalue weighted by molar-refractivity contribution is -0.123. The minimum atomic E-state index is -0.708. The third-order valence-electron chi connectivity index (χ3n) is 1.92. The Hall–Kier alpha value is -1.91. The lowest BCUT2D eigenvalue weighted by atomic mass is 10.2. The molecule has 0 spiro atoms. The molecule has 82 valence electrons. The lowest BCUT2D eigenvalue weighted by Crippen LogP contribution is -2.30. The van der Waals surface area contributed by atoms with Gasteiger partial charge in [-0.1, -0.05) is 0 Å². The molecule has 0 fully saturated rings. The van der Waals surface area contributed by atoms with Crippen molar-refractivity contribution in [1.29, 1.82) is 0 Å². The van der Waals surface area contributed by atoms with E-state index in [0.717, 1.165) is 0 Å². The Morgan fingerprint density at radius 2 is 2.13 bits per heavy atom. The van der Waals surface area contributed by atoms with Crippen molar-refractivity contribution in [2.45, 2.75) is 13.0 Å². The molecule has 0 aliphatic carbocycles. The highest BCUT2D eigenvalue weighted by Gasteiger charge is 2.12. The van der Waals surface area contributed by atoms with E-state index >= 15 is 0 Å². The first-order valence-corrected chi connectivity index (χ1v) is 4.44. The molecule has 0 bridgehead atoms. The predicted molar refractivity (Wildman–Crippen MR) is 56.7 cm³/mol. The molecule has 1 atom stereocenters. The number of primary amides is 1. The Morgan fingerprint density at radius 1 is 1.47 bits per heavy atom. The fraction of sp³-hybridized carbons (Fsp3) is 0.300. The SMILES string of the molecule is COc1ccc(OC(C)C(N)=O)c(N)c1. The maximum absolute atomic E-state index is 10.8. The zero-order chi connectivity index (χ0) is 11.4. The van der Waals surface area contributed by atoms with Crippen LogP contribution in [0.5, 0.6) is 11.5 Å². The molecule has 1 amide bonds. The molecule has 15 heavy (non-hydrogen) atoms. The molecule has 1 unspecified atom stereocenters. The molecule has 4 N–H and O–H groups in total. The highest BCUT2D eigenvalue weighted by molar-refractivity contribution is 5.79. The number of carbonyl (C=O) groups excluding carboxylic acids is 1. The monoisotopic (exact) mass is 210 g/mol. The van der Waals surface area contributed by atoms with Gasteiger partial charge in [0.2, 0.25) is 0 Å². The second-order valence-electron chi connectivity index (χ2n) is 3.07. The van der Waals surface area contributed by atoms with E-state index in [1.807, 2.05) is 0 Å². The molecule has 1 aromatic rings. The first kappa shape index (κ1) is 11.2. The average Bonchev–Trinajstić information content (AvgIpc) is 2.20. The van der Waals surface area contributed by atoms with Gasteiger partial charge in [0.15, 0.2) is 6.10 Å². The van der Waals surface area contributed by atoms with Crippen molar-refractivity contribution in [1.82, 2.24) is 0 Å². The van der Waals surface area contributed by atoms with E-state index in [1.165, 1.54) is 0 Å². The Kier molecular flexibility index (Phi) is 3.38. The number of anilines is 1. The van der Waals surface area contributed by atoms with Crippen molar-refractivity contribution in [2.75, 3.05) is 12.8 Å². The first-order valence-electron chi connectivity index (χ1n) is 4.44. The highest BCUT2D eigenvalue weighted by atomic mass is 16.5. The van der Waals surface area contributed by atoms with Crippen molar-refractivity contribution in [3.63, 3.8) is 0 Å². The quantitative estimate of drug-likeness (QED) is 0.709. The predicted octanol–water partition coefficient (Wildman–Crippen LogP) is 0.530. The Morgan fingerprint density at radius 3 is 2.60 bits per heavy atom. The molecule has 1 rings (SSSR count). The van der Waals surface area contributed by atoms with E-state index in [-0.39, 0.29) is 0 Å². The number of hydrogen-bond acceptors (Lipinski definition) is 4. The summed E-state index contributed by atoms with van der Waals surface area (Å²) in [6.07, 6.45) is -0.708. The number of benzene rings is 1.